The van der Waals surface area contributed by atoms with Gasteiger partial charge in [-0.2, -0.15) is 0 Å². The summed E-state index contributed by atoms with van der Waals surface area (Å²) in [5, 5.41) is 4.70. The van der Waals surface area contributed by atoms with Crippen LogP contribution in [0.1, 0.15) is 0 Å². The molecule has 0 bridgehead atoms. The van der Waals surface area contributed by atoms with Crippen molar-refractivity contribution in [1.29, 1.82) is 0 Å². The molecule has 44 heavy (non-hydrogen) atoms. The molecule has 0 unspecified atom stereocenters. The fraction of sp³-hybridized carbons (Fsp3) is 0. The van der Waals surface area contributed by atoms with E-state index in [1.165, 1.54) is 20.2 Å². The van der Waals surface area contributed by atoms with E-state index in [0.29, 0.717) is 23.4 Å². The highest BCUT2D eigenvalue weighted by Gasteiger charge is 2.18. The Bertz CT molecular complexity index is 2440. The van der Waals surface area contributed by atoms with Gasteiger partial charge < -0.3 is 4.42 Å². The highest BCUT2D eigenvalue weighted by Crippen LogP contribution is 2.42. The lowest BCUT2D eigenvalue weighted by Gasteiger charge is -2.08. The lowest BCUT2D eigenvalue weighted by atomic mass is 10.0. The number of fused-ring (bicyclic) bond motifs is 7. The molecule has 0 aliphatic carbocycles. The summed E-state index contributed by atoms with van der Waals surface area (Å²) in [6.07, 6.45) is 0. The zero-order valence-corrected chi connectivity index (χ0v) is 24.1. The van der Waals surface area contributed by atoms with Gasteiger partial charge in [-0.1, -0.05) is 103 Å². The summed E-state index contributed by atoms with van der Waals surface area (Å²) in [6, 6.07) is 45.2. The Morgan fingerprint density at radius 2 is 1.07 bits per heavy atom. The van der Waals surface area contributed by atoms with Gasteiger partial charge in [0.05, 0.1) is 0 Å². The predicted octanol–water partition coefficient (Wildman–Crippen LogP) is 10.2. The highest BCUT2D eigenvalue weighted by atomic mass is 32.1. The molecular weight excluding hydrogens is 561 g/mol. The Kier molecular flexibility index (Phi) is 5.61. The lowest BCUT2D eigenvalue weighted by Crippen LogP contribution is -2.00. The van der Waals surface area contributed by atoms with Crippen molar-refractivity contribution in [3.05, 3.63) is 133 Å². The molecule has 0 aliphatic rings. The smallest absolute Gasteiger partial charge is 0.227 e. The molecule has 0 saturated carbocycles. The number of aromatic nitrogens is 4. The van der Waals surface area contributed by atoms with Crippen molar-refractivity contribution in [1.82, 2.24) is 19.9 Å². The maximum atomic E-state index is 6.61. The molecule has 5 nitrogen and oxygen atoms in total. The normalized spacial score (nSPS) is 11.6. The first-order chi connectivity index (χ1) is 21.8. The lowest BCUT2D eigenvalue weighted by molar-refractivity contribution is 0.623. The summed E-state index contributed by atoms with van der Waals surface area (Å²) in [5.41, 5.74) is 5.22. The molecule has 0 saturated heterocycles. The first-order valence-electron chi connectivity index (χ1n) is 14.4. The molecule has 206 valence electrons. The van der Waals surface area contributed by atoms with Crippen molar-refractivity contribution in [2.75, 3.05) is 0 Å². The minimum atomic E-state index is 0.562. The van der Waals surface area contributed by atoms with Crippen molar-refractivity contribution < 1.29 is 4.42 Å². The Hall–Kier alpha value is -5.72. The molecule has 0 spiro atoms. The number of hydrogen-bond donors (Lipinski definition) is 0. The van der Waals surface area contributed by atoms with Crippen LogP contribution in [0.15, 0.2) is 138 Å². The van der Waals surface area contributed by atoms with E-state index in [1.807, 2.05) is 91.0 Å². The summed E-state index contributed by atoms with van der Waals surface area (Å²) in [6.45, 7) is 0. The molecular formula is C38H22N4OS. The van der Waals surface area contributed by atoms with Crippen LogP contribution in [0.25, 0.3) is 87.7 Å². The van der Waals surface area contributed by atoms with Gasteiger partial charge in [-0.25, -0.2) is 19.9 Å². The van der Waals surface area contributed by atoms with Crippen LogP contribution in [0.5, 0.6) is 0 Å². The quantitative estimate of drug-likeness (QED) is 0.207. The molecule has 0 atom stereocenters. The van der Waals surface area contributed by atoms with E-state index in [2.05, 4.69) is 42.5 Å². The monoisotopic (exact) mass is 582 g/mol. The molecule has 3 heterocycles. The maximum Gasteiger partial charge on any atom is 0.227 e. The van der Waals surface area contributed by atoms with Crippen molar-refractivity contribution in [2.24, 2.45) is 0 Å². The Morgan fingerprint density at radius 3 is 1.82 bits per heavy atom. The van der Waals surface area contributed by atoms with Gasteiger partial charge in [-0.15, -0.1) is 11.3 Å². The van der Waals surface area contributed by atoms with E-state index in [1.54, 1.807) is 11.3 Å². The average Bonchev–Trinajstić information content (AvgIpc) is 3.71. The zero-order chi connectivity index (χ0) is 29.0. The highest BCUT2D eigenvalue weighted by molar-refractivity contribution is 7.26. The van der Waals surface area contributed by atoms with Gasteiger partial charge in [0.25, 0.3) is 0 Å². The van der Waals surface area contributed by atoms with Crippen LogP contribution < -0.4 is 0 Å². The summed E-state index contributed by atoms with van der Waals surface area (Å²) in [4.78, 5) is 19.6. The Balaban J connectivity index is 1.21. The number of rotatable bonds is 4. The SMILES string of the molecule is c1ccc(-c2nc(-c3ccccc3)nc(-c3cccc(-c4nc5ccc6ccc7sc8ccccc8c7c6c5o4)c3)n2)cc1. The Labute approximate surface area is 256 Å². The zero-order valence-electron chi connectivity index (χ0n) is 23.3. The van der Waals surface area contributed by atoms with E-state index in [9.17, 15) is 0 Å². The minimum Gasteiger partial charge on any atom is -0.435 e. The van der Waals surface area contributed by atoms with Crippen molar-refractivity contribution >= 4 is 53.4 Å². The molecule has 0 fully saturated rings. The molecule has 9 rings (SSSR count). The molecule has 9 aromatic rings. The number of thiophene rings is 1. The molecule has 6 aromatic carbocycles. The predicted molar refractivity (Wildman–Crippen MR) is 180 cm³/mol. The molecule has 3 aromatic heterocycles. The third kappa shape index (κ3) is 4.07. The van der Waals surface area contributed by atoms with Gasteiger partial charge in [-0.3, -0.25) is 0 Å². The van der Waals surface area contributed by atoms with Crippen LogP contribution >= 0.6 is 11.3 Å². The molecule has 6 heteroatoms. The van der Waals surface area contributed by atoms with E-state index in [-0.39, 0.29) is 0 Å². The molecule has 0 amide bonds. The second kappa shape index (κ2) is 9.93. The van der Waals surface area contributed by atoms with E-state index >= 15 is 0 Å². The minimum absolute atomic E-state index is 0.562. The van der Waals surface area contributed by atoms with E-state index in [4.69, 9.17) is 24.4 Å². The topological polar surface area (TPSA) is 64.7 Å². The molecule has 0 aliphatic heterocycles. The summed E-state index contributed by atoms with van der Waals surface area (Å²) < 4.78 is 9.12. The van der Waals surface area contributed by atoms with Crippen LogP contribution in [0, 0.1) is 0 Å². The molecule has 0 radical (unpaired) electrons. The number of nitrogens with zero attached hydrogens (tertiary/aromatic N) is 4. The fourth-order valence-electron chi connectivity index (χ4n) is 5.86. The second-order valence-corrected chi connectivity index (χ2v) is 11.8. The van der Waals surface area contributed by atoms with Crippen LogP contribution in [-0.2, 0) is 0 Å². The average molecular weight is 583 g/mol. The van der Waals surface area contributed by atoms with E-state index < -0.39 is 0 Å². The van der Waals surface area contributed by atoms with Gasteiger partial charge in [0.15, 0.2) is 23.1 Å². The largest absolute Gasteiger partial charge is 0.435 e. The molecule has 0 N–H and O–H groups in total. The second-order valence-electron chi connectivity index (χ2n) is 10.7. The number of hydrogen-bond acceptors (Lipinski definition) is 6. The van der Waals surface area contributed by atoms with Gasteiger partial charge in [-0.05, 0) is 35.7 Å². The van der Waals surface area contributed by atoms with Crippen LogP contribution in [0.4, 0.5) is 0 Å². The first kappa shape index (κ1) is 24.8. The van der Waals surface area contributed by atoms with Crippen LogP contribution in [-0.4, -0.2) is 19.9 Å². The van der Waals surface area contributed by atoms with Crippen molar-refractivity contribution in [3.63, 3.8) is 0 Å². The van der Waals surface area contributed by atoms with E-state index in [0.717, 1.165) is 44.1 Å². The van der Waals surface area contributed by atoms with Gasteiger partial charge in [0, 0.05) is 47.8 Å². The third-order valence-corrected chi connectivity index (χ3v) is 9.08. The Morgan fingerprint density at radius 1 is 0.455 bits per heavy atom. The number of oxazole rings is 1. The fourth-order valence-corrected chi connectivity index (χ4v) is 6.98. The van der Waals surface area contributed by atoms with Crippen LogP contribution in [0.2, 0.25) is 0 Å². The van der Waals surface area contributed by atoms with Crippen molar-refractivity contribution in [3.8, 4) is 45.6 Å². The third-order valence-electron chi connectivity index (χ3n) is 7.94. The van der Waals surface area contributed by atoms with Gasteiger partial charge in [0.1, 0.15) is 5.52 Å². The summed E-state index contributed by atoms with van der Waals surface area (Å²) >= 11 is 1.81. The first-order valence-corrected chi connectivity index (χ1v) is 15.2. The summed E-state index contributed by atoms with van der Waals surface area (Å²) in [5.74, 6) is 2.40. The standard InChI is InChI=1S/C38H22N4OS/c1-3-10-24(11-4-1)35-40-36(25-12-5-2-6-13-25)42-37(41-35)26-14-9-15-27(22-26)38-39-29-20-18-23-19-21-31-33(32(23)34(29)43-38)28-16-7-8-17-30(28)44-31/h1-22H. The van der Waals surface area contributed by atoms with Crippen molar-refractivity contribution in [2.45, 2.75) is 0 Å². The van der Waals surface area contributed by atoms with Gasteiger partial charge in [0.2, 0.25) is 5.89 Å². The summed E-state index contributed by atoms with van der Waals surface area (Å²) in [7, 11) is 0. The van der Waals surface area contributed by atoms with Crippen LogP contribution in [0.3, 0.4) is 0 Å². The number of benzene rings is 6. The van der Waals surface area contributed by atoms with Gasteiger partial charge >= 0.3 is 0 Å². The maximum absolute atomic E-state index is 6.61.